The lowest BCUT2D eigenvalue weighted by molar-refractivity contribution is -0.121. The molecule has 3 N–H and O–H groups in total. The van der Waals surface area contributed by atoms with E-state index in [2.05, 4.69) is 21.2 Å². The Morgan fingerprint density at radius 3 is 2.90 bits per heavy atom. The van der Waals surface area contributed by atoms with Crippen molar-refractivity contribution in [3.8, 4) is 0 Å². The third kappa shape index (κ3) is 2.65. The Balaban J connectivity index is 2.48. The Kier molecular flexibility index (Phi) is 4.32. The maximum atomic E-state index is 12.4. The minimum absolute atomic E-state index is 0.0376. The van der Waals surface area contributed by atoms with Gasteiger partial charge in [0, 0.05) is 15.7 Å². The first-order valence-corrected chi connectivity index (χ1v) is 7.39. The molecule has 2 rings (SSSR count). The first kappa shape index (κ1) is 14.8. The highest BCUT2D eigenvalue weighted by atomic mass is 79.9. The summed E-state index contributed by atoms with van der Waals surface area (Å²) >= 11 is 3.46. The normalized spacial score (nSPS) is 19.9. The molecule has 6 heteroatoms. The molecule has 0 aromatic heterocycles. The van der Waals surface area contributed by atoms with Crippen molar-refractivity contribution in [3.63, 3.8) is 0 Å². The van der Waals surface area contributed by atoms with Gasteiger partial charge in [-0.3, -0.25) is 4.79 Å². The second-order valence-corrected chi connectivity index (χ2v) is 5.91. The molecule has 2 atom stereocenters. The minimum Gasteiger partial charge on any atom is -0.351 e. The molecule has 1 aromatic rings. The van der Waals surface area contributed by atoms with Crippen LogP contribution in [0, 0.1) is 5.92 Å². The van der Waals surface area contributed by atoms with Crippen molar-refractivity contribution in [1.29, 1.82) is 0 Å². The average molecular weight is 340 g/mol. The van der Waals surface area contributed by atoms with Gasteiger partial charge in [-0.05, 0) is 18.1 Å². The number of halogens is 1. The fraction of sp³-hybridized carbons (Fsp3) is 0.429. The van der Waals surface area contributed by atoms with Crippen LogP contribution in [0.15, 0.2) is 22.7 Å². The molecule has 108 valence electrons. The highest BCUT2D eigenvalue weighted by Crippen LogP contribution is 2.31. The third-order valence-corrected chi connectivity index (χ3v) is 4.52. The molecule has 0 radical (unpaired) electrons. The van der Waals surface area contributed by atoms with E-state index in [4.69, 9.17) is 5.73 Å². The van der Waals surface area contributed by atoms with Crippen LogP contribution in [0.5, 0.6) is 0 Å². The second kappa shape index (κ2) is 5.83. The van der Waals surface area contributed by atoms with E-state index in [1.807, 2.05) is 32.0 Å². The molecule has 1 heterocycles. The summed E-state index contributed by atoms with van der Waals surface area (Å²) < 4.78 is 0.853. The number of carbonyl (C=O) groups excluding carboxylic acids is 2. The number of nitrogens with one attached hydrogen (secondary N) is 1. The molecule has 5 nitrogen and oxygen atoms in total. The van der Waals surface area contributed by atoms with Crippen LogP contribution in [-0.4, -0.2) is 22.9 Å². The first-order valence-electron chi connectivity index (χ1n) is 6.60. The average Bonchev–Trinajstić information content (AvgIpc) is 2.55. The minimum atomic E-state index is -0.575. The first-order chi connectivity index (χ1) is 9.45. The summed E-state index contributed by atoms with van der Waals surface area (Å²) in [6.45, 7) is 4.26. The quantitative estimate of drug-likeness (QED) is 0.869. The number of amides is 3. The Morgan fingerprint density at radius 1 is 1.60 bits per heavy atom. The summed E-state index contributed by atoms with van der Waals surface area (Å²) in [5, 5.41) is 2.90. The monoisotopic (exact) mass is 339 g/mol. The van der Waals surface area contributed by atoms with Gasteiger partial charge in [0.05, 0.1) is 6.54 Å². The molecule has 2 unspecified atom stereocenters. The van der Waals surface area contributed by atoms with Crippen LogP contribution in [0.3, 0.4) is 0 Å². The smallest absolute Gasteiger partial charge is 0.315 e. The molecule has 0 bridgehead atoms. The van der Waals surface area contributed by atoms with Crippen LogP contribution in [0.4, 0.5) is 10.5 Å². The predicted octanol–water partition coefficient (Wildman–Crippen LogP) is 2.70. The Morgan fingerprint density at radius 2 is 2.30 bits per heavy atom. The molecule has 20 heavy (non-hydrogen) atoms. The van der Waals surface area contributed by atoms with Crippen LogP contribution in [0.25, 0.3) is 0 Å². The number of urea groups is 1. The number of rotatable bonds is 2. The van der Waals surface area contributed by atoms with Gasteiger partial charge in [0.2, 0.25) is 5.91 Å². The highest BCUT2D eigenvalue weighted by Gasteiger charge is 2.36. The van der Waals surface area contributed by atoms with Gasteiger partial charge >= 0.3 is 6.03 Å². The zero-order valence-electron chi connectivity index (χ0n) is 11.5. The van der Waals surface area contributed by atoms with E-state index in [9.17, 15) is 9.59 Å². The van der Waals surface area contributed by atoms with Gasteiger partial charge in [-0.25, -0.2) is 4.79 Å². The zero-order chi connectivity index (χ0) is 14.9. The molecule has 0 spiro atoms. The van der Waals surface area contributed by atoms with Gasteiger partial charge in [0.1, 0.15) is 6.04 Å². The SMILES string of the molecule is CCC(C)C1C(=O)Nc2cccc(Br)c2CN1C(N)=O. The van der Waals surface area contributed by atoms with E-state index in [-0.39, 0.29) is 11.8 Å². The van der Waals surface area contributed by atoms with Gasteiger partial charge in [-0.2, -0.15) is 0 Å². The zero-order valence-corrected chi connectivity index (χ0v) is 13.1. The molecule has 0 saturated carbocycles. The Labute approximate surface area is 126 Å². The van der Waals surface area contributed by atoms with Crippen LogP contribution in [-0.2, 0) is 11.3 Å². The molecule has 0 fully saturated rings. The number of fused-ring (bicyclic) bond motifs is 1. The number of benzene rings is 1. The molecule has 1 aromatic carbocycles. The summed E-state index contributed by atoms with van der Waals surface area (Å²) in [6.07, 6.45) is 0.791. The second-order valence-electron chi connectivity index (χ2n) is 5.05. The van der Waals surface area contributed by atoms with E-state index in [1.165, 1.54) is 4.90 Å². The molecular formula is C14H18BrN3O2. The third-order valence-electron chi connectivity index (χ3n) is 3.78. The Hall–Kier alpha value is -1.56. The van der Waals surface area contributed by atoms with Crippen molar-refractivity contribution in [3.05, 3.63) is 28.2 Å². The van der Waals surface area contributed by atoms with E-state index in [0.717, 1.165) is 22.1 Å². The van der Waals surface area contributed by atoms with Gasteiger partial charge < -0.3 is 16.0 Å². The molecule has 0 aliphatic carbocycles. The topological polar surface area (TPSA) is 75.4 Å². The summed E-state index contributed by atoms with van der Waals surface area (Å²) in [5.41, 5.74) is 7.07. The molecular weight excluding hydrogens is 322 g/mol. The van der Waals surface area contributed by atoms with Gasteiger partial charge in [-0.1, -0.05) is 42.3 Å². The van der Waals surface area contributed by atoms with Gasteiger partial charge in [-0.15, -0.1) is 0 Å². The van der Waals surface area contributed by atoms with E-state index in [1.54, 1.807) is 0 Å². The number of nitrogens with zero attached hydrogens (tertiary/aromatic N) is 1. The van der Waals surface area contributed by atoms with Crippen molar-refractivity contribution >= 4 is 33.6 Å². The van der Waals surface area contributed by atoms with Crippen molar-refractivity contribution in [2.24, 2.45) is 11.7 Å². The summed E-state index contributed by atoms with van der Waals surface area (Å²) in [7, 11) is 0. The number of carbonyl (C=O) groups is 2. The maximum absolute atomic E-state index is 12.4. The number of hydrogen-bond donors (Lipinski definition) is 2. The number of hydrogen-bond acceptors (Lipinski definition) is 2. The lowest BCUT2D eigenvalue weighted by Crippen LogP contribution is -2.50. The predicted molar refractivity (Wildman–Crippen MR) is 81.1 cm³/mol. The van der Waals surface area contributed by atoms with Crippen molar-refractivity contribution in [2.75, 3.05) is 5.32 Å². The van der Waals surface area contributed by atoms with E-state index in [0.29, 0.717) is 6.54 Å². The lowest BCUT2D eigenvalue weighted by atomic mass is 9.97. The van der Waals surface area contributed by atoms with Crippen LogP contribution in [0.2, 0.25) is 0 Å². The number of nitrogens with two attached hydrogens (primary N) is 1. The molecule has 1 aliphatic rings. The van der Waals surface area contributed by atoms with E-state index < -0.39 is 12.1 Å². The van der Waals surface area contributed by atoms with Crippen LogP contribution in [0.1, 0.15) is 25.8 Å². The fourth-order valence-corrected chi connectivity index (χ4v) is 2.95. The highest BCUT2D eigenvalue weighted by molar-refractivity contribution is 9.10. The van der Waals surface area contributed by atoms with Gasteiger partial charge in [0.25, 0.3) is 0 Å². The summed E-state index contributed by atoms with van der Waals surface area (Å²) in [6, 6.07) is 4.44. The largest absolute Gasteiger partial charge is 0.351 e. The van der Waals surface area contributed by atoms with Crippen molar-refractivity contribution < 1.29 is 9.59 Å². The maximum Gasteiger partial charge on any atom is 0.315 e. The van der Waals surface area contributed by atoms with Gasteiger partial charge in [0.15, 0.2) is 0 Å². The summed E-state index contributed by atoms with van der Waals surface area (Å²) in [5.74, 6) is -0.148. The number of anilines is 1. The standard InChI is InChI=1S/C14H18BrN3O2/c1-3-8(2)12-13(19)17-11-6-4-5-10(15)9(11)7-18(12)14(16)20/h4-6,8,12H,3,7H2,1-2H3,(H2,16,20)(H,17,19). The Bertz CT molecular complexity index is 547. The van der Waals surface area contributed by atoms with E-state index >= 15 is 0 Å². The van der Waals surface area contributed by atoms with Crippen LogP contribution < -0.4 is 11.1 Å². The summed E-state index contributed by atoms with van der Waals surface area (Å²) in [4.78, 5) is 25.6. The van der Waals surface area contributed by atoms with Crippen molar-refractivity contribution in [1.82, 2.24) is 4.90 Å². The fourth-order valence-electron chi connectivity index (χ4n) is 2.46. The van der Waals surface area contributed by atoms with Crippen LogP contribution >= 0.6 is 15.9 Å². The van der Waals surface area contributed by atoms with Crippen molar-refractivity contribution in [2.45, 2.75) is 32.9 Å². The molecule has 1 aliphatic heterocycles. The lowest BCUT2D eigenvalue weighted by Gasteiger charge is -2.30. The molecule has 3 amide bonds. The molecule has 0 saturated heterocycles. The number of primary amides is 1.